The summed E-state index contributed by atoms with van der Waals surface area (Å²) in [5, 5.41) is 9.19. The van der Waals surface area contributed by atoms with E-state index in [4.69, 9.17) is 0 Å². The second-order valence-electron chi connectivity index (χ2n) is 7.42. The molecular weight excluding hydrogens is 436 g/mol. The van der Waals surface area contributed by atoms with Gasteiger partial charge in [0.2, 0.25) is 5.91 Å². The molecule has 3 heterocycles. The Kier molecular flexibility index (Phi) is 5.69. The summed E-state index contributed by atoms with van der Waals surface area (Å²) in [7, 11) is 0. The second kappa shape index (κ2) is 9.09. The Morgan fingerprint density at radius 3 is 2.88 bits per heavy atom. The van der Waals surface area contributed by atoms with Gasteiger partial charge in [-0.25, -0.2) is 9.97 Å². The van der Waals surface area contributed by atoms with E-state index < -0.39 is 0 Å². The monoisotopic (exact) mass is 456 g/mol. The maximum Gasteiger partial charge on any atom is 0.257 e. The average molecular weight is 457 g/mol. The van der Waals surface area contributed by atoms with Gasteiger partial charge in [0.05, 0.1) is 12.0 Å². The highest BCUT2D eigenvalue weighted by molar-refractivity contribution is 7.14. The fourth-order valence-electron chi connectivity index (χ4n) is 3.52. The van der Waals surface area contributed by atoms with E-state index in [2.05, 4.69) is 25.6 Å². The van der Waals surface area contributed by atoms with Gasteiger partial charge in [0.1, 0.15) is 0 Å². The Labute approximate surface area is 193 Å². The number of para-hydroxylation sites is 1. The molecule has 164 valence electrons. The Morgan fingerprint density at radius 1 is 1.09 bits per heavy atom. The van der Waals surface area contributed by atoms with Crippen molar-refractivity contribution in [2.45, 2.75) is 13.0 Å². The van der Waals surface area contributed by atoms with Crippen LogP contribution in [0.15, 0.2) is 78.8 Å². The van der Waals surface area contributed by atoms with Crippen molar-refractivity contribution in [3.05, 3.63) is 84.4 Å². The predicted molar refractivity (Wildman–Crippen MR) is 129 cm³/mol. The van der Waals surface area contributed by atoms with Crippen LogP contribution >= 0.6 is 11.3 Å². The van der Waals surface area contributed by atoms with Crippen LogP contribution in [0.25, 0.3) is 22.2 Å². The summed E-state index contributed by atoms with van der Waals surface area (Å²) in [5.74, 6) is -0.422. The maximum absolute atomic E-state index is 12.8. The van der Waals surface area contributed by atoms with Gasteiger partial charge in [-0.05, 0) is 24.3 Å². The van der Waals surface area contributed by atoms with Crippen molar-refractivity contribution in [2.24, 2.45) is 0 Å². The maximum atomic E-state index is 12.8. The highest BCUT2D eigenvalue weighted by atomic mass is 32.1. The van der Waals surface area contributed by atoms with Crippen LogP contribution in [0.4, 0.5) is 10.8 Å². The zero-order valence-electron chi connectivity index (χ0n) is 17.5. The summed E-state index contributed by atoms with van der Waals surface area (Å²) in [6.45, 7) is 0.537. The highest BCUT2D eigenvalue weighted by Crippen LogP contribution is 2.31. The van der Waals surface area contributed by atoms with Gasteiger partial charge in [-0.2, -0.15) is 0 Å². The zero-order valence-corrected chi connectivity index (χ0v) is 18.3. The third-order valence-electron chi connectivity index (χ3n) is 5.15. The van der Waals surface area contributed by atoms with Gasteiger partial charge in [0, 0.05) is 64.7 Å². The fraction of sp³-hybridized carbons (Fsp3) is 0.0833. The number of carbonyl (C=O) groups excluding carboxylic acids is 2. The highest BCUT2D eigenvalue weighted by Gasteiger charge is 2.13. The number of aryl methyl sites for hydroxylation is 1. The van der Waals surface area contributed by atoms with Crippen molar-refractivity contribution in [1.82, 2.24) is 19.5 Å². The fourth-order valence-corrected chi connectivity index (χ4v) is 4.22. The molecule has 9 heteroatoms. The van der Waals surface area contributed by atoms with E-state index in [0.717, 1.165) is 22.2 Å². The van der Waals surface area contributed by atoms with Gasteiger partial charge in [-0.3, -0.25) is 14.9 Å². The minimum absolute atomic E-state index is 0.135. The van der Waals surface area contributed by atoms with Crippen LogP contribution < -0.4 is 10.6 Å². The summed E-state index contributed by atoms with van der Waals surface area (Å²) in [6, 6.07) is 14.8. The number of imidazole rings is 1. The number of thiazole rings is 1. The van der Waals surface area contributed by atoms with E-state index in [-0.39, 0.29) is 11.8 Å². The van der Waals surface area contributed by atoms with Crippen LogP contribution in [0, 0.1) is 0 Å². The van der Waals surface area contributed by atoms with Crippen LogP contribution in [0.5, 0.6) is 0 Å². The number of aromatic amines is 1. The van der Waals surface area contributed by atoms with Gasteiger partial charge >= 0.3 is 0 Å². The third-order valence-corrected chi connectivity index (χ3v) is 5.91. The smallest absolute Gasteiger partial charge is 0.257 e. The Hall–Kier alpha value is -4.24. The molecule has 3 N–H and O–H groups in total. The molecular formula is C24H20N6O2S. The normalized spacial score (nSPS) is 10.9. The van der Waals surface area contributed by atoms with E-state index in [0.29, 0.717) is 29.3 Å². The van der Waals surface area contributed by atoms with E-state index in [9.17, 15) is 9.59 Å². The van der Waals surface area contributed by atoms with Gasteiger partial charge in [-0.15, -0.1) is 11.3 Å². The average Bonchev–Trinajstić information content (AvgIpc) is 3.58. The number of fused-ring (bicyclic) bond motifs is 1. The van der Waals surface area contributed by atoms with Crippen LogP contribution in [0.3, 0.4) is 0 Å². The Morgan fingerprint density at radius 2 is 2.00 bits per heavy atom. The van der Waals surface area contributed by atoms with Crippen molar-refractivity contribution < 1.29 is 9.59 Å². The lowest BCUT2D eigenvalue weighted by Gasteiger charge is -2.08. The molecule has 0 saturated heterocycles. The lowest BCUT2D eigenvalue weighted by atomic mass is 10.1. The quantitative estimate of drug-likeness (QED) is 0.328. The first-order valence-corrected chi connectivity index (χ1v) is 11.2. The number of carbonyl (C=O) groups is 2. The molecule has 0 fully saturated rings. The van der Waals surface area contributed by atoms with Gasteiger partial charge in [-0.1, -0.05) is 24.3 Å². The number of amides is 2. The lowest BCUT2D eigenvalue weighted by molar-refractivity contribution is -0.116. The summed E-state index contributed by atoms with van der Waals surface area (Å²) in [6.07, 6.45) is 7.38. The number of nitrogens with one attached hydrogen (secondary N) is 3. The van der Waals surface area contributed by atoms with Crippen LogP contribution in [0.2, 0.25) is 0 Å². The first kappa shape index (κ1) is 20.7. The minimum Gasteiger partial charge on any atom is -0.360 e. The number of H-pyrrole nitrogens is 1. The Balaban J connectivity index is 1.23. The summed E-state index contributed by atoms with van der Waals surface area (Å²) >= 11 is 1.37. The SMILES string of the molecule is O=C(CCn1ccnc1)Nc1cccc(C(=O)Nc2nc(-c3c[nH]c4ccccc34)cs2)c1. The number of nitrogens with zero attached hydrogens (tertiary/aromatic N) is 3. The molecule has 3 aromatic heterocycles. The van der Waals surface area contributed by atoms with E-state index in [1.54, 1.807) is 43.0 Å². The predicted octanol–water partition coefficient (Wildman–Crippen LogP) is 4.77. The number of hydrogen-bond donors (Lipinski definition) is 3. The molecule has 2 amide bonds. The number of hydrogen-bond acceptors (Lipinski definition) is 5. The van der Waals surface area contributed by atoms with Gasteiger partial charge in [0.15, 0.2) is 5.13 Å². The molecule has 33 heavy (non-hydrogen) atoms. The molecule has 2 aromatic carbocycles. The second-order valence-corrected chi connectivity index (χ2v) is 8.28. The number of aromatic nitrogens is 4. The first-order chi connectivity index (χ1) is 16.2. The molecule has 0 aliphatic heterocycles. The molecule has 0 atom stereocenters. The first-order valence-electron chi connectivity index (χ1n) is 10.3. The van der Waals surface area contributed by atoms with Crippen molar-refractivity contribution in [3.63, 3.8) is 0 Å². The molecule has 5 rings (SSSR count). The third kappa shape index (κ3) is 4.68. The summed E-state index contributed by atoms with van der Waals surface area (Å²) in [4.78, 5) is 36.8. The van der Waals surface area contributed by atoms with E-state index >= 15 is 0 Å². The standard InChI is InChI=1S/C24H20N6O2S/c31-22(8-10-30-11-9-25-15-30)27-17-5-3-4-16(12-17)23(32)29-24-28-21(14-33-24)19-13-26-20-7-2-1-6-18(19)20/h1-7,9,11-15,26H,8,10H2,(H,27,31)(H,28,29,32). The summed E-state index contributed by atoms with van der Waals surface area (Å²) < 4.78 is 1.84. The molecule has 0 radical (unpaired) electrons. The molecule has 8 nitrogen and oxygen atoms in total. The Bertz CT molecular complexity index is 1420. The number of benzene rings is 2. The van der Waals surface area contributed by atoms with Crippen molar-refractivity contribution in [3.8, 4) is 11.3 Å². The van der Waals surface area contributed by atoms with E-state index in [1.807, 2.05) is 40.4 Å². The van der Waals surface area contributed by atoms with Crippen molar-refractivity contribution in [1.29, 1.82) is 0 Å². The molecule has 0 aliphatic carbocycles. The molecule has 0 bridgehead atoms. The molecule has 0 aliphatic rings. The number of rotatable bonds is 7. The topological polar surface area (TPSA) is 105 Å². The summed E-state index contributed by atoms with van der Waals surface area (Å²) in [5.41, 5.74) is 3.83. The van der Waals surface area contributed by atoms with Crippen molar-refractivity contribution in [2.75, 3.05) is 10.6 Å². The lowest BCUT2D eigenvalue weighted by Crippen LogP contribution is -2.15. The van der Waals surface area contributed by atoms with E-state index in [1.165, 1.54) is 11.3 Å². The zero-order chi connectivity index (χ0) is 22.6. The molecule has 0 spiro atoms. The molecule has 0 saturated carbocycles. The van der Waals surface area contributed by atoms with Gasteiger partial charge < -0.3 is 14.9 Å². The van der Waals surface area contributed by atoms with Crippen LogP contribution in [0.1, 0.15) is 16.8 Å². The number of anilines is 2. The minimum atomic E-state index is -0.288. The van der Waals surface area contributed by atoms with Crippen LogP contribution in [-0.4, -0.2) is 31.3 Å². The molecule has 5 aromatic rings. The largest absolute Gasteiger partial charge is 0.360 e. The van der Waals surface area contributed by atoms with Crippen molar-refractivity contribution >= 4 is 44.9 Å². The van der Waals surface area contributed by atoms with Crippen LogP contribution in [-0.2, 0) is 11.3 Å². The molecule has 0 unspecified atom stereocenters. The van der Waals surface area contributed by atoms with Gasteiger partial charge in [0.25, 0.3) is 5.91 Å².